The van der Waals surface area contributed by atoms with Crippen LogP contribution in [-0.4, -0.2) is 35.5 Å². The van der Waals surface area contributed by atoms with Crippen LogP contribution in [0.5, 0.6) is 5.75 Å². The second-order valence-electron chi connectivity index (χ2n) is 7.62. The number of phenolic OH excluding ortho intramolecular Hbond substituents is 1. The third kappa shape index (κ3) is 6.84. The topological polar surface area (TPSA) is 104 Å². The predicted molar refractivity (Wildman–Crippen MR) is 115 cm³/mol. The van der Waals surface area contributed by atoms with E-state index in [1.54, 1.807) is 31.2 Å². The Morgan fingerprint density at radius 1 is 1.10 bits per heavy atom. The molecule has 6 nitrogen and oxygen atoms in total. The van der Waals surface area contributed by atoms with Crippen LogP contribution in [0, 0.1) is 19.7 Å². The summed E-state index contributed by atoms with van der Waals surface area (Å²) in [6.45, 7) is 5.77. The monoisotopic (exact) mass is 415 g/mol. The molecule has 5 N–H and O–H groups in total. The SMILES string of the molecule is Cc1cc(O)cc(C)c1C[C@@H](N)C(=O)N[C@H](C)C(=O)NCCCc1ccc(F)cc1. The lowest BCUT2D eigenvalue weighted by molar-refractivity contribution is -0.129. The molecule has 0 fully saturated rings. The van der Waals surface area contributed by atoms with Gasteiger partial charge in [0.15, 0.2) is 0 Å². The van der Waals surface area contributed by atoms with Crippen molar-refractivity contribution in [1.82, 2.24) is 10.6 Å². The van der Waals surface area contributed by atoms with Gasteiger partial charge in [-0.25, -0.2) is 4.39 Å². The number of benzene rings is 2. The minimum absolute atomic E-state index is 0.177. The van der Waals surface area contributed by atoms with Crippen molar-refractivity contribution in [2.45, 2.75) is 52.1 Å². The maximum atomic E-state index is 12.9. The number of hydrogen-bond acceptors (Lipinski definition) is 4. The normalized spacial score (nSPS) is 12.8. The zero-order valence-corrected chi connectivity index (χ0v) is 17.7. The summed E-state index contributed by atoms with van der Waals surface area (Å²) in [5.41, 5.74) is 9.67. The summed E-state index contributed by atoms with van der Waals surface area (Å²) in [5.74, 6) is -0.787. The fraction of sp³-hybridized carbons (Fsp3) is 0.391. The van der Waals surface area contributed by atoms with Crippen molar-refractivity contribution in [1.29, 1.82) is 0 Å². The van der Waals surface area contributed by atoms with Crippen molar-refractivity contribution in [2.24, 2.45) is 5.73 Å². The maximum absolute atomic E-state index is 12.9. The van der Waals surface area contributed by atoms with Gasteiger partial charge in [-0.1, -0.05) is 12.1 Å². The summed E-state index contributed by atoms with van der Waals surface area (Å²) >= 11 is 0. The summed E-state index contributed by atoms with van der Waals surface area (Å²) < 4.78 is 12.9. The second-order valence-corrected chi connectivity index (χ2v) is 7.62. The van der Waals surface area contributed by atoms with Gasteiger partial charge in [0.05, 0.1) is 6.04 Å². The number of rotatable bonds is 9. The molecule has 0 aliphatic heterocycles. The van der Waals surface area contributed by atoms with Gasteiger partial charge in [-0.2, -0.15) is 0 Å². The molecule has 2 rings (SSSR count). The molecule has 0 saturated carbocycles. The van der Waals surface area contributed by atoms with E-state index in [2.05, 4.69) is 10.6 Å². The predicted octanol–water partition coefficient (Wildman–Crippen LogP) is 2.27. The zero-order valence-electron chi connectivity index (χ0n) is 17.7. The number of nitrogens with one attached hydrogen (secondary N) is 2. The van der Waals surface area contributed by atoms with Gasteiger partial charge < -0.3 is 21.5 Å². The number of phenols is 1. The summed E-state index contributed by atoms with van der Waals surface area (Å²) in [6.07, 6.45) is 1.74. The number of nitrogens with two attached hydrogens (primary N) is 1. The van der Waals surface area contributed by atoms with E-state index in [-0.39, 0.29) is 17.5 Å². The summed E-state index contributed by atoms with van der Waals surface area (Å²) in [6, 6.07) is 8.02. The van der Waals surface area contributed by atoms with E-state index in [0.29, 0.717) is 19.4 Å². The van der Waals surface area contributed by atoms with Crippen LogP contribution in [0.15, 0.2) is 36.4 Å². The fourth-order valence-corrected chi connectivity index (χ4v) is 3.30. The molecule has 162 valence electrons. The molecule has 2 amide bonds. The Bertz CT molecular complexity index is 861. The van der Waals surface area contributed by atoms with Crippen LogP contribution >= 0.6 is 0 Å². The molecule has 0 saturated heterocycles. The Hall–Kier alpha value is -2.93. The van der Waals surface area contributed by atoms with Crippen molar-refractivity contribution in [3.8, 4) is 5.75 Å². The number of amides is 2. The highest BCUT2D eigenvalue weighted by molar-refractivity contribution is 5.89. The smallest absolute Gasteiger partial charge is 0.242 e. The molecule has 2 aromatic rings. The van der Waals surface area contributed by atoms with Gasteiger partial charge in [-0.3, -0.25) is 9.59 Å². The van der Waals surface area contributed by atoms with Crippen LogP contribution in [0.3, 0.4) is 0 Å². The average Bonchev–Trinajstić information content (AvgIpc) is 2.68. The first kappa shape index (κ1) is 23.3. The zero-order chi connectivity index (χ0) is 22.3. The third-order valence-electron chi connectivity index (χ3n) is 5.05. The third-order valence-corrected chi connectivity index (χ3v) is 5.05. The Morgan fingerprint density at radius 2 is 1.70 bits per heavy atom. The maximum Gasteiger partial charge on any atom is 0.242 e. The van der Waals surface area contributed by atoms with Gasteiger partial charge in [0, 0.05) is 6.54 Å². The first-order valence-corrected chi connectivity index (χ1v) is 10.0. The summed E-state index contributed by atoms with van der Waals surface area (Å²) in [7, 11) is 0. The molecule has 30 heavy (non-hydrogen) atoms. The standard InChI is InChI=1S/C23H30FN3O3/c1-14-11-19(28)12-15(2)20(14)13-21(25)23(30)27-16(3)22(29)26-10-4-5-17-6-8-18(24)9-7-17/h6-9,11-12,16,21,28H,4-5,10,13,25H2,1-3H3,(H,26,29)(H,27,30)/t16-,21-/m1/s1. The Kier molecular flexibility index (Phi) is 8.35. The van der Waals surface area contributed by atoms with E-state index in [1.165, 1.54) is 12.1 Å². The lowest BCUT2D eigenvalue weighted by Crippen LogP contribution is -2.51. The molecule has 2 aromatic carbocycles. The number of halogens is 1. The van der Waals surface area contributed by atoms with Gasteiger partial charge >= 0.3 is 0 Å². The molecule has 7 heteroatoms. The highest BCUT2D eigenvalue weighted by Crippen LogP contribution is 2.21. The van der Waals surface area contributed by atoms with E-state index in [4.69, 9.17) is 5.73 Å². The van der Waals surface area contributed by atoms with E-state index < -0.39 is 18.0 Å². The molecule has 2 atom stereocenters. The first-order valence-electron chi connectivity index (χ1n) is 10.0. The largest absolute Gasteiger partial charge is 0.508 e. The van der Waals surface area contributed by atoms with E-state index >= 15 is 0 Å². The van der Waals surface area contributed by atoms with Crippen LogP contribution in [0.1, 0.15) is 35.6 Å². The fourth-order valence-electron chi connectivity index (χ4n) is 3.30. The van der Waals surface area contributed by atoms with E-state index in [1.807, 2.05) is 13.8 Å². The number of aromatic hydroxyl groups is 1. The molecular formula is C23H30FN3O3. The van der Waals surface area contributed by atoms with E-state index in [0.717, 1.165) is 28.7 Å². The molecule has 0 aromatic heterocycles. The molecule has 0 aliphatic rings. The second kappa shape index (κ2) is 10.7. The van der Waals surface area contributed by atoms with Crippen LogP contribution in [0.25, 0.3) is 0 Å². The number of carbonyl (C=O) groups is 2. The molecule has 0 bridgehead atoms. The average molecular weight is 416 g/mol. The highest BCUT2D eigenvalue weighted by Gasteiger charge is 2.21. The van der Waals surface area contributed by atoms with Gasteiger partial charge in [0.1, 0.15) is 17.6 Å². The van der Waals surface area contributed by atoms with Crippen molar-refractivity contribution in [3.05, 3.63) is 64.5 Å². The van der Waals surface area contributed by atoms with Gasteiger partial charge in [0.2, 0.25) is 11.8 Å². The van der Waals surface area contributed by atoms with Crippen LogP contribution in [-0.2, 0) is 22.4 Å². The lowest BCUT2D eigenvalue weighted by Gasteiger charge is -2.19. The molecule has 0 radical (unpaired) electrons. The van der Waals surface area contributed by atoms with E-state index in [9.17, 15) is 19.1 Å². The number of hydrogen-bond donors (Lipinski definition) is 4. The molecule has 0 aliphatic carbocycles. The molecular weight excluding hydrogens is 385 g/mol. The summed E-state index contributed by atoms with van der Waals surface area (Å²) in [5, 5.41) is 15.1. The highest BCUT2D eigenvalue weighted by atomic mass is 19.1. The van der Waals surface area contributed by atoms with Crippen LogP contribution in [0.2, 0.25) is 0 Å². The molecule has 0 unspecified atom stereocenters. The van der Waals surface area contributed by atoms with Crippen LogP contribution < -0.4 is 16.4 Å². The first-order chi connectivity index (χ1) is 14.2. The van der Waals surface area contributed by atoms with Crippen molar-refractivity contribution >= 4 is 11.8 Å². The van der Waals surface area contributed by atoms with Gasteiger partial charge in [0.25, 0.3) is 0 Å². The number of aryl methyl sites for hydroxylation is 3. The minimum Gasteiger partial charge on any atom is -0.508 e. The molecule has 0 spiro atoms. The van der Waals surface area contributed by atoms with Gasteiger partial charge in [-0.15, -0.1) is 0 Å². The Morgan fingerprint density at radius 3 is 2.30 bits per heavy atom. The number of carbonyl (C=O) groups excluding carboxylic acids is 2. The Labute approximate surface area is 176 Å². The Balaban J connectivity index is 1.77. The summed E-state index contributed by atoms with van der Waals surface area (Å²) in [4.78, 5) is 24.6. The van der Waals surface area contributed by atoms with Gasteiger partial charge in [-0.05, 0) is 86.6 Å². The lowest BCUT2D eigenvalue weighted by atomic mass is 9.96. The quantitative estimate of drug-likeness (QED) is 0.472. The van der Waals surface area contributed by atoms with Crippen molar-refractivity contribution in [3.63, 3.8) is 0 Å². The minimum atomic E-state index is -0.805. The van der Waals surface area contributed by atoms with Crippen LogP contribution in [0.4, 0.5) is 4.39 Å². The van der Waals surface area contributed by atoms with Crippen molar-refractivity contribution in [2.75, 3.05) is 6.54 Å². The van der Waals surface area contributed by atoms with Crippen molar-refractivity contribution < 1.29 is 19.1 Å². The molecule has 0 heterocycles.